The lowest BCUT2D eigenvalue weighted by Gasteiger charge is -2.37. The Morgan fingerprint density at radius 1 is 1.16 bits per heavy atom. The van der Waals surface area contributed by atoms with Gasteiger partial charge in [0.25, 0.3) is 5.89 Å². The molecule has 2 aliphatic heterocycles. The molecule has 5 rings (SSSR count). The number of hydrogen-bond donors (Lipinski definition) is 2. The largest absolute Gasteiger partial charge is 0.465 e. The summed E-state index contributed by atoms with van der Waals surface area (Å²) < 4.78 is 39.0. The van der Waals surface area contributed by atoms with Gasteiger partial charge in [0.15, 0.2) is 0 Å². The van der Waals surface area contributed by atoms with Gasteiger partial charge in [0.05, 0.1) is 6.10 Å². The SMILES string of the molecule is N[C@H]1CN(c2ccc(-c3noc(COC4CCN(C(=O)O)CC4)n3)cn2)CC[C@@H]1c1cc(F)ccc1F. The Morgan fingerprint density at radius 2 is 1.97 bits per heavy atom. The Labute approximate surface area is 212 Å². The van der Waals surface area contributed by atoms with Gasteiger partial charge < -0.3 is 29.9 Å². The number of anilines is 1. The van der Waals surface area contributed by atoms with E-state index in [1.165, 1.54) is 11.0 Å². The molecular formula is C25H28F2N6O4. The number of amides is 1. The molecule has 1 amide bonds. The number of aromatic nitrogens is 3. The first-order valence-electron chi connectivity index (χ1n) is 12.2. The number of carbonyl (C=O) groups is 1. The minimum absolute atomic E-state index is 0.0557. The first kappa shape index (κ1) is 25.0. The summed E-state index contributed by atoms with van der Waals surface area (Å²) in [5, 5.41) is 13.0. The molecule has 2 fully saturated rings. The molecule has 3 N–H and O–H groups in total. The molecule has 2 saturated heterocycles. The van der Waals surface area contributed by atoms with Crippen LogP contribution in [-0.2, 0) is 11.3 Å². The van der Waals surface area contributed by atoms with Crippen LogP contribution in [0.25, 0.3) is 11.4 Å². The minimum atomic E-state index is -0.911. The molecule has 2 aromatic heterocycles. The van der Waals surface area contributed by atoms with Crippen LogP contribution in [-0.4, -0.2) is 69.5 Å². The number of nitrogens with two attached hydrogens (primary N) is 1. The molecular weight excluding hydrogens is 486 g/mol. The molecule has 0 saturated carbocycles. The van der Waals surface area contributed by atoms with E-state index >= 15 is 0 Å². The van der Waals surface area contributed by atoms with Crippen molar-refractivity contribution in [2.75, 3.05) is 31.1 Å². The van der Waals surface area contributed by atoms with Gasteiger partial charge in [0.2, 0.25) is 5.82 Å². The van der Waals surface area contributed by atoms with Crippen LogP contribution in [0.15, 0.2) is 41.1 Å². The minimum Gasteiger partial charge on any atom is -0.465 e. The number of likely N-dealkylation sites (tertiary alicyclic amines) is 1. The van der Waals surface area contributed by atoms with Crippen molar-refractivity contribution in [2.24, 2.45) is 5.73 Å². The average Bonchev–Trinajstić information content (AvgIpc) is 3.38. The smallest absolute Gasteiger partial charge is 0.407 e. The monoisotopic (exact) mass is 514 g/mol. The van der Waals surface area contributed by atoms with Crippen LogP contribution < -0.4 is 10.6 Å². The van der Waals surface area contributed by atoms with Crippen molar-refractivity contribution in [1.82, 2.24) is 20.0 Å². The van der Waals surface area contributed by atoms with Gasteiger partial charge in [-0.3, -0.25) is 0 Å². The maximum absolute atomic E-state index is 14.2. The molecule has 37 heavy (non-hydrogen) atoms. The van der Waals surface area contributed by atoms with Gasteiger partial charge in [-0.25, -0.2) is 18.6 Å². The molecule has 196 valence electrons. The second kappa shape index (κ2) is 10.8. The van der Waals surface area contributed by atoms with Crippen LogP contribution in [0.4, 0.5) is 19.4 Å². The molecule has 12 heteroatoms. The zero-order chi connectivity index (χ0) is 25.9. The molecule has 1 aromatic carbocycles. The number of ether oxygens (including phenoxy) is 1. The van der Waals surface area contributed by atoms with E-state index in [9.17, 15) is 13.6 Å². The summed E-state index contributed by atoms with van der Waals surface area (Å²) in [5.41, 5.74) is 7.35. The van der Waals surface area contributed by atoms with Crippen molar-refractivity contribution in [3.63, 3.8) is 0 Å². The van der Waals surface area contributed by atoms with Gasteiger partial charge >= 0.3 is 6.09 Å². The molecule has 4 heterocycles. The van der Waals surface area contributed by atoms with Gasteiger partial charge in [-0.1, -0.05) is 5.16 Å². The molecule has 10 nitrogen and oxygen atoms in total. The van der Waals surface area contributed by atoms with Gasteiger partial charge in [-0.15, -0.1) is 0 Å². The maximum Gasteiger partial charge on any atom is 0.407 e. The van der Waals surface area contributed by atoms with E-state index in [4.69, 9.17) is 20.1 Å². The van der Waals surface area contributed by atoms with Gasteiger partial charge in [-0.05, 0) is 55.2 Å². The quantitative estimate of drug-likeness (QED) is 0.508. The third-order valence-electron chi connectivity index (χ3n) is 6.97. The van der Waals surface area contributed by atoms with Gasteiger partial charge in [0, 0.05) is 49.9 Å². The Hall–Kier alpha value is -3.64. The highest BCUT2D eigenvalue weighted by atomic mass is 19.1. The Kier molecular flexibility index (Phi) is 7.28. The van der Waals surface area contributed by atoms with E-state index < -0.39 is 17.7 Å². The van der Waals surface area contributed by atoms with E-state index in [-0.39, 0.29) is 24.7 Å². The second-order valence-electron chi connectivity index (χ2n) is 9.37. The van der Waals surface area contributed by atoms with Gasteiger partial charge in [-0.2, -0.15) is 4.98 Å². The lowest BCUT2D eigenvalue weighted by atomic mass is 9.85. The number of piperidine rings is 2. The van der Waals surface area contributed by atoms with E-state index in [0.29, 0.717) is 68.3 Å². The van der Waals surface area contributed by atoms with Crippen molar-refractivity contribution >= 4 is 11.9 Å². The molecule has 0 radical (unpaired) electrons. The van der Waals surface area contributed by atoms with E-state index in [2.05, 4.69) is 15.1 Å². The number of benzene rings is 1. The molecule has 0 aliphatic carbocycles. The van der Waals surface area contributed by atoms with Crippen molar-refractivity contribution < 1.29 is 27.9 Å². The van der Waals surface area contributed by atoms with Crippen molar-refractivity contribution in [2.45, 2.75) is 43.9 Å². The molecule has 2 aliphatic rings. The number of carboxylic acid groups (broad SMARTS) is 1. The fraction of sp³-hybridized carbons (Fsp3) is 0.440. The van der Waals surface area contributed by atoms with Crippen LogP contribution in [0.3, 0.4) is 0 Å². The fourth-order valence-electron chi connectivity index (χ4n) is 4.91. The summed E-state index contributed by atoms with van der Waals surface area (Å²) >= 11 is 0. The Balaban J connectivity index is 1.15. The third kappa shape index (κ3) is 5.70. The highest BCUT2D eigenvalue weighted by molar-refractivity contribution is 5.65. The summed E-state index contributed by atoms with van der Waals surface area (Å²) in [7, 11) is 0. The first-order chi connectivity index (χ1) is 17.9. The molecule has 0 bridgehead atoms. The fourth-order valence-corrected chi connectivity index (χ4v) is 4.91. The average molecular weight is 515 g/mol. The molecule has 0 spiro atoms. The highest BCUT2D eigenvalue weighted by Crippen LogP contribution is 2.31. The van der Waals surface area contributed by atoms with E-state index in [1.807, 2.05) is 17.0 Å². The normalized spacial score (nSPS) is 20.8. The molecule has 3 aromatic rings. The lowest BCUT2D eigenvalue weighted by molar-refractivity contribution is -0.00953. The van der Waals surface area contributed by atoms with Crippen molar-refractivity contribution in [3.05, 3.63) is 59.6 Å². The zero-order valence-corrected chi connectivity index (χ0v) is 20.1. The maximum atomic E-state index is 14.2. The van der Waals surface area contributed by atoms with Crippen molar-refractivity contribution in [1.29, 1.82) is 0 Å². The standard InChI is InChI=1S/C25H28F2N6O4/c26-16-2-3-20(27)19(11-16)18-7-10-33(13-21(18)28)22-4-1-15(12-29-22)24-30-23(37-31-24)14-36-17-5-8-32(9-6-17)25(34)35/h1-4,11-12,17-18,21H,5-10,13-14,28H2,(H,34,35)/t18-,21+/m1/s1. The number of rotatable bonds is 6. The Bertz CT molecular complexity index is 1230. The second-order valence-corrected chi connectivity index (χ2v) is 9.37. The number of halogens is 2. The van der Waals surface area contributed by atoms with Crippen LogP contribution in [0.1, 0.15) is 36.6 Å². The topological polar surface area (TPSA) is 131 Å². The summed E-state index contributed by atoms with van der Waals surface area (Å²) in [5.74, 6) is 0.257. The van der Waals surface area contributed by atoms with E-state index in [0.717, 1.165) is 18.0 Å². The van der Waals surface area contributed by atoms with Crippen LogP contribution in [0.5, 0.6) is 0 Å². The van der Waals surface area contributed by atoms with Gasteiger partial charge in [0.1, 0.15) is 24.1 Å². The number of nitrogens with zero attached hydrogens (tertiary/aromatic N) is 5. The highest BCUT2D eigenvalue weighted by Gasteiger charge is 2.30. The van der Waals surface area contributed by atoms with Crippen LogP contribution in [0, 0.1) is 11.6 Å². The first-order valence-corrected chi connectivity index (χ1v) is 12.2. The van der Waals surface area contributed by atoms with Crippen LogP contribution >= 0.6 is 0 Å². The summed E-state index contributed by atoms with van der Waals surface area (Å²) in [4.78, 5) is 23.3. The number of pyridine rings is 1. The summed E-state index contributed by atoms with van der Waals surface area (Å²) in [6, 6.07) is 6.79. The van der Waals surface area contributed by atoms with Crippen LogP contribution in [0.2, 0.25) is 0 Å². The Morgan fingerprint density at radius 3 is 2.68 bits per heavy atom. The lowest BCUT2D eigenvalue weighted by Crippen LogP contribution is -2.48. The predicted octanol–water partition coefficient (Wildman–Crippen LogP) is 3.39. The number of hydrogen-bond acceptors (Lipinski definition) is 8. The predicted molar refractivity (Wildman–Crippen MR) is 129 cm³/mol. The van der Waals surface area contributed by atoms with E-state index in [1.54, 1.807) is 6.20 Å². The zero-order valence-electron chi connectivity index (χ0n) is 20.1. The van der Waals surface area contributed by atoms with Crippen molar-refractivity contribution in [3.8, 4) is 11.4 Å². The third-order valence-corrected chi connectivity index (χ3v) is 6.97. The summed E-state index contributed by atoms with van der Waals surface area (Å²) in [6.45, 7) is 2.10. The molecule has 2 atom stereocenters. The molecule has 0 unspecified atom stereocenters. The summed E-state index contributed by atoms with van der Waals surface area (Å²) in [6.07, 6.45) is 2.50.